The molecule has 1 aromatic carbocycles. The minimum atomic E-state index is -0.179. The highest BCUT2D eigenvalue weighted by molar-refractivity contribution is 5.83. The van der Waals surface area contributed by atoms with Crippen LogP contribution < -0.4 is 0 Å². The molecule has 3 rings (SSSR count). The van der Waals surface area contributed by atoms with Crippen molar-refractivity contribution in [3.8, 4) is 0 Å². The number of piperazine rings is 1. The predicted octanol–water partition coefficient (Wildman–Crippen LogP) is 1.98. The molecule has 4 nitrogen and oxygen atoms in total. The average molecular weight is 287 g/mol. The van der Waals surface area contributed by atoms with Gasteiger partial charge in [-0.15, -0.1) is 0 Å². The van der Waals surface area contributed by atoms with Crippen LogP contribution in [0.2, 0.25) is 0 Å². The van der Waals surface area contributed by atoms with Gasteiger partial charge in [-0.3, -0.25) is 14.7 Å². The summed E-state index contributed by atoms with van der Waals surface area (Å²) in [5.74, 6) is 0.291. The Bertz CT molecular complexity index is 492. The van der Waals surface area contributed by atoms with E-state index in [1.807, 2.05) is 5.01 Å². The Morgan fingerprint density at radius 2 is 1.67 bits per heavy atom. The van der Waals surface area contributed by atoms with Crippen LogP contribution in [0.5, 0.6) is 0 Å². The molecule has 0 saturated carbocycles. The van der Waals surface area contributed by atoms with Crippen LogP contribution in [-0.2, 0) is 11.3 Å². The van der Waals surface area contributed by atoms with Gasteiger partial charge < -0.3 is 0 Å². The van der Waals surface area contributed by atoms with Gasteiger partial charge in [-0.25, -0.2) is 5.01 Å². The lowest BCUT2D eigenvalue weighted by Gasteiger charge is -2.39. The zero-order chi connectivity index (χ0) is 14.9. The molecule has 2 heterocycles. The summed E-state index contributed by atoms with van der Waals surface area (Å²) < 4.78 is 0. The summed E-state index contributed by atoms with van der Waals surface area (Å²) in [6, 6.07) is 10.6. The smallest absolute Gasteiger partial charge is 0.242 e. The Hall–Kier alpha value is -1.39. The van der Waals surface area contributed by atoms with Crippen molar-refractivity contribution in [3.05, 3.63) is 35.9 Å². The van der Waals surface area contributed by atoms with Gasteiger partial charge in [0.2, 0.25) is 5.91 Å². The third kappa shape index (κ3) is 3.11. The Morgan fingerprint density at radius 1 is 1.00 bits per heavy atom. The largest absolute Gasteiger partial charge is 0.296 e. The van der Waals surface area contributed by atoms with E-state index in [0.29, 0.717) is 5.91 Å². The second-order valence-corrected chi connectivity index (χ2v) is 6.78. The molecule has 2 aliphatic heterocycles. The first-order valence-corrected chi connectivity index (χ1v) is 7.89. The second kappa shape index (κ2) is 5.78. The van der Waals surface area contributed by atoms with Crippen LogP contribution in [-0.4, -0.2) is 53.5 Å². The number of carbonyl (C=O) groups is 1. The Labute approximate surface area is 127 Å². The third-order valence-corrected chi connectivity index (χ3v) is 4.70. The van der Waals surface area contributed by atoms with Crippen LogP contribution >= 0.6 is 0 Å². The van der Waals surface area contributed by atoms with Crippen molar-refractivity contribution in [2.45, 2.75) is 26.8 Å². The molecular weight excluding hydrogens is 262 g/mol. The Balaban J connectivity index is 1.53. The summed E-state index contributed by atoms with van der Waals surface area (Å²) in [5, 5.41) is 4.23. The van der Waals surface area contributed by atoms with Crippen LogP contribution in [0.1, 0.15) is 25.8 Å². The van der Waals surface area contributed by atoms with E-state index in [2.05, 4.69) is 54.1 Å². The lowest BCUT2D eigenvalue weighted by Crippen LogP contribution is -2.54. The Morgan fingerprint density at radius 3 is 2.24 bits per heavy atom. The van der Waals surface area contributed by atoms with Crippen molar-refractivity contribution < 1.29 is 4.79 Å². The molecule has 0 N–H and O–H groups in total. The molecule has 21 heavy (non-hydrogen) atoms. The number of hydrogen-bond donors (Lipinski definition) is 0. The number of benzene rings is 1. The normalized spacial score (nSPS) is 23.7. The quantitative estimate of drug-likeness (QED) is 0.850. The Kier molecular flexibility index (Phi) is 4.00. The average Bonchev–Trinajstić information content (AvgIpc) is 2.76. The first-order chi connectivity index (χ1) is 10.1. The lowest BCUT2D eigenvalue weighted by molar-refractivity contribution is -0.152. The molecule has 2 saturated heterocycles. The van der Waals surface area contributed by atoms with Gasteiger partial charge >= 0.3 is 0 Å². The number of carbonyl (C=O) groups excluding carboxylic acids is 1. The molecule has 0 bridgehead atoms. The maximum absolute atomic E-state index is 12.4. The van der Waals surface area contributed by atoms with E-state index in [4.69, 9.17) is 0 Å². The highest BCUT2D eigenvalue weighted by Crippen LogP contribution is 2.31. The maximum Gasteiger partial charge on any atom is 0.242 e. The minimum absolute atomic E-state index is 0.179. The molecule has 0 unspecified atom stereocenters. The van der Waals surface area contributed by atoms with Crippen molar-refractivity contribution in [3.63, 3.8) is 0 Å². The monoisotopic (exact) mass is 287 g/mol. The van der Waals surface area contributed by atoms with Gasteiger partial charge in [-0.1, -0.05) is 44.2 Å². The number of rotatable bonds is 3. The van der Waals surface area contributed by atoms with E-state index < -0.39 is 0 Å². The van der Waals surface area contributed by atoms with Crippen LogP contribution in [0.4, 0.5) is 0 Å². The fourth-order valence-corrected chi connectivity index (χ4v) is 3.19. The van der Waals surface area contributed by atoms with Crippen LogP contribution in [0.15, 0.2) is 30.3 Å². The van der Waals surface area contributed by atoms with Crippen molar-refractivity contribution in [2.75, 3.05) is 32.7 Å². The van der Waals surface area contributed by atoms with E-state index in [1.165, 1.54) is 5.56 Å². The molecule has 114 valence electrons. The first kappa shape index (κ1) is 14.5. The number of nitrogens with zero attached hydrogens (tertiary/aromatic N) is 3. The van der Waals surface area contributed by atoms with Crippen LogP contribution in [0.3, 0.4) is 0 Å². The molecule has 0 radical (unpaired) electrons. The summed E-state index contributed by atoms with van der Waals surface area (Å²) in [6.45, 7) is 9.96. The summed E-state index contributed by atoms with van der Waals surface area (Å²) in [4.78, 5) is 14.8. The van der Waals surface area contributed by atoms with Gasteiger partial charge in [0.05, 0.1) is 0 Å². The number of amides is 1. The predicted molar refractivity (Wildman–Crippen MR) is 83.4 cm³/mol. The van der Waals surface area contributed by atoms with E-state index in [9.17, 15) is 4.79 Å². The molecule has 0 aromatic heterocycles. The molecule has 1 aromatic rings. The third-order valence-electron chi connectivity index (χ3n) is 4.70. The van der Waals surface area contributed by atoms with Crippen molar-refractivity contribution in [1.82, 2.24) is 14.9 Å². The fourth-order valence-electron chi connectivity index (χ4n) is 3.19. The summed E-state index contributed by atoms with van der Waals surface area (Å²) in [7, 11) is 0. The van der Waals surface area contributed by atoms with Gasteiger partial charge in [-0.2, -0.15) is 0 Å². The van der Waals surface area contributed by atoms with Crippen LogP contribution in [0, 0.1) is 5.41 Å². The molecule has 4 heteroatoms. The molecule has 0 atom stereocenters. The SMILES string of the molecule is CC1(C)CCN(N2CCN(Cc3ccccc3)CC2)C1=O. The molecule has 0 spiro atoms. The van der Waals surface area contributed by atoms with E-state index >= 15 is 0 Å². The zero-order valence-corrected chi connectivity index (χ0v) is 13.1. The summed E-state index contributed by atoms with van der Waals surface area (Å²) in [6.07, 6.45) is 0.968. The highest BCUT2D eigenvalue weighted by atomic mass is 16.2. The standard InChI is InChI=1S/C17H25N3O/c1-17(2)8-9-20(16(17)21)19-12-10-18(11-13-19)14-15-6-4-3-5-7-15/h3-7H,8-14H2,1-2H3. The molecule has 1 amide bonds. The number of hydrazine groups is 1. The van der Waals surface area contributed by atoms with Crippen molar-refractivity contribution >= 4 is 5.91 Å². The van der Waals surface area contributed by atoms with E-state index in [1.54, 1.807) is 0 Å². The molecular formula is C17H25N3O. The van der Waals surface area contributed by atoms with E-state index in [0.717, 1.165) is 45.7 Å². The minimum Gasteiger partial charge on any atom is -0.296 e. The van der Waals surface area contributed by atoms with Gasteiger partial charge in [0.15, 0.2) is 0 Å². The van der Waals surface area contributed by atoms with Gasteiger partial charge in [0.1, 0.15) is 0 Å². The fraction of sp³-hybridized carbons (Fsp3) is 0.588. The first-order valence-electron chi connectivity index (χ1n) is 7.89. The van der Waals surface area contributed by atoms with Crippen LogP contribution in [0.25, 0.3) is 0 Å². The van der Waals surface area contributed by atoms with Crippen molar-refractivity contribution in [1.29, 1.82) is 0 Å². The van der Waals surface area contributed by atoms with Gasteiger partial charge in [0, 0.05) is 44.7 Å². The topological polar surface area (TPSA) is 26.8 Å². The van der Waals surface area contributed by atoms with Gasteiger partial charge in [-0.05, 0) is 12.0 Å². The number of hydrogen-bond acceptors (Lipinski definition) is 3. The highest BCUT2D eigenvalue weighted by Gasteiger charge is 2.41. The zero-order valence-electron chi connectivity index (χ0n) is 13.1. The van der Waals surface area contributed by atoms with Crippen molar-refractivity contribution in [2.24, 2.45) is 5.41 Å². The molecule has 2 fully saturated rings. The summed E-state index contributed by atoms with van der Waals surface area (Å²) >= 11 is 0. The van der Waals surface area contributed by atoms with E-state index in [-0.39, 0.29) is 5.41 Å². The van der Waals surface area contributed by atoms with Gasteiger partial charge in [0.25, 0.3) is 0 Å². The summed E-state index contributed by atoms with van der Waals surface area (Å²) in [5.41, 5.74) is 1.19. The second-order valence-electron chi connectivity index (χ2n) is 6.78. The molecule has 0 aliphatic carbocycles. The maximum atomic E-state index is 12.4. The lowest BCUT2D eigenvalue weighted by atomic mass is 9.92. The molecule has 2 aliphatic rings.